The average Bonchev–Trinajstić information content (AvgIpc) is 2.18. The van der Waals surface area contributed by atoms with Crippen LogP contribution >= 0.6 is 0 Å². The van der Waals surface area contributed by atoms with Crippen molar-refractivity contribution in [1.29, 1.82) is 0 Å². The molecule has 1 nitrogen and oxygen atoms in total. The van der Waals surface area contributed by atoms with Gasteiger partial charge in [-0.1, -0.05) is 52.4 Å². The minimum absolute atomic E-state index is 0.452. The molecule has 1 saturated carbocycles. The molecule has 1 rings (SSSR count). The van der Waals surface area contributed by atoms with Gasteiger partial charge in [0, 0.05) is 6.04 Å². The Morgan fingerprint density at radius 2 is 1.85 bits per heavy atom. The maximum Gasteiger partial charge on any atom is 0.00670 e. The largest absolute Gasteiger partial charge is 0.327 e. The summed E-state index contributed by atoms with van der Waals surface area (Å²) in [6, 6.07) is 0.452. The van der Waals surface area contributed by atoms with Gasteiger partial charge >= 0.3 is 0 Å². The molecule has 1 aliphatic rings. The van der Waals surface area contributed by atoms with E-state index < -0.39 is 0 Å². The van der Waals surface area contributed by atoms with Crippen LogP contribution in [0.2, 0.25) is 0 Å². The summed E-state index contributed by atoms with van der Waals surface area (Å²) in [4.78, 5) is 0. The minimum atomic E-state index is 0.452. The van der Waals surface area contributed by atoms with E-state index in [0.717, 1.165) is 5.92 Å². The first kappa shape index (κ1) is 11.0. The Morgan fingerprint density at radius 3 is 2.38 bits per heavy atom. The molecule has 0 saturated heterocycles. The van der Waals surface area contributed by atoms with E-state index in [1.807, 2.05) is 0 Å². The second-order valence-electron chi connectivity index (χ2n) is 4.79. The molecular weight excluding hydrogens is 158 g/mol. The number of hydrogen-bond donors (Lipinski definition) is 1. The van der Waals surface area contributed by atoms with E-state index in [-0.39, 0.29) is 0 Å². The Morgan fingerprint density at radius 1 is 1.23 bits per heavy atom. The minimum Gasteiger partial charge on any atom is -0.327 e. The topological polar surface area (TPSA) is 26.0 Å². The van der Waals surface area contributed by atoms with Gasteiger partial charge in [-0.2, -0.15) is 0 Å². The zero-order chi connectivity index (χ0) is 9.68. The lowest BCUT2D eigenvalue weighted by Crippen LogP contribution is -2.30. The fourth-order valence-corrected chi connectivity index (χ4v) is 2.34. The molecule has 0 bridgehead atoms. The highest BCUT2D eigenvalue weighted by Crippen LogP contribution is 2.28. The van der Waals surface area contributed by atoms with Crippen LogP contribution in [0.15, 0.2) is 0 Å². The number of nitrogens with two attached hydrogens (primary N) is 1. The normalized spacial score (nSPS) is 24.2. The number of rotatable bonds is 4. The summed E-state index contributed by atoms with van der Waals surface area (Å²) in [5.41, 5.74) is 6.16. The molecule has 0 aliphatic heterocycles. The van der Waals surface area contributed by atoms with Crippen molar-refractivity contribution >= 4 is 0 Å². The van der Waals surface area contributed by atoms with E-state index in [0.29, 0.717) is 12.0 Å². The van der Waals surface area contributed by atoms with Crippen LogP contribution in [-0.2, 0) is 0 Å². The van der Waals surface area contributed by atoms with Crippen LogP contribution in [0.5, 0.6) is 0 Å². The van der Waals surface area contributed by atoms with Crippen molar-refractivity contribution in [3.05, 3.63) is 0 Å². The van der Waals surface area contributed by atoms with Crippen molar-refractivity contribution in [2.45, 2.75) is 64.8 Å². The van der Waals surface area contributed by atoms with Gasteiger partial charge in [0.05, 0.1) is 0 Å². The Balaban J connectivity index is 2.21. The summed E-state index contributed by atoms with van der Waals surface area (Å²) in [6.45, 7) is 4.53. The van der Waals surface area contributed by atoms with E-state index in [2.05, 4.69) is 13.8 Å². The highest BCUT2D eigenvalue weighted by atomic mass is 14.6. The standard InChI is InChI=1S/C12H25N/c1-3-10(2)12(13)9-11-7-5-4-6-8-11/h10-12H,3-9,13H2,1-2H3. The van der Waals surface area contributed by atoms with Gasteiger partial charge in [-0.05, 0) is 18.3 Å². The Labute approximate surface area is 83.1 Å². The van der Waals surface area contributed by atoms with Crippen molar-refractivity contribution in [1.82, 2.24) is 0 Å². The number of hydrogen-bond acceptors (Lipinski definition) is 1. The first-order valence-corrected chi connectivity index (χ1v) is 5.99. The van der Waals surface area contributed by atoms with Crippen LogP contribution in [0.1, 0.15) is 58.8 Å². The van der Waals surface area contributed by atoms with Crippen molar-refractivity contribution < 1.29 is 0 Å². The first-order valence-electron chi connectivity index (χ1n) is 5.99. The summed E-state index contributed by atoms with van der Waals surface area (Å²) in [5, 5.41) is 0. The third-order valence-corrected chi connectivity index (χ3v) is 3.71. The zero-order valence-corrected chi connectivity index (χ0v) is 9.26. The zero-order valence-electron chi connectivity index (χ0n) is 9.26. The lowest BCUT2D eigenvalue weighted by Gasteiger charge is -2.27. The van der Waals surface area contributed by atoms with Gasteiger partial charge in [0.2, 0.25) is 0 Å². The van der Waals surface area contributed by atoms with Crippen LogP contribution in [-0.4, -0.2) is 6.04 Å². The van der Waals surface area contributed by atoms with E-state index >= 15 is 0 Å². The molecule has 0 aromatic heterocycles. The average molecular weight is 183 g/mol. The Kier molecular flexibility index (Phi) is 4.79. The molecule has 0 aromatic carbocycles. The summed E-state index contributed by atoms with van der Waals surface area (Å²) >= 11 is 0. The smallest absolute Gasteiger partial charge is 0.00670 e. The highest BCUT2D eigenvalue weighted by molar-refractivity contribution is 4.75. The van der Waals surface area contributed by atoms with Crippen LogP contribution in [0.3, 0.4) is 0 Å². The van der Waals surface area contributed by atoms with Gasteiger partial charge in [0.15, 0.2) is 0 Å². The molecule has 78 valence electrons. The molecule has 0 amide bonds. The lowest BCUT2D eigenvalue weighted by atomic mass is 9.82. The van der Waals surface area contributed by atoms with Crippen LogP contribution in [0.25, 0.3) is 0 Å². The summed E-state index contributed by atoms with van der Waals surface area (Å²) in [5.74, 6) is 1.65. The molecule has 1 aliphatic carbocycles. The maximum atomic E-state index is 6.16. The predicted octanol–water partition coefficient (Wildman–Crippen LogP) is 3.33. The maximum absolute atomic E-state index is 6.16. The molecule has 13 heavy (non-hydrogen) atoms. The van der Waals surface area contributed by atoms with Gasteiger partial charge in [0.25, 0.3) is 0 Å². The van der Waals surface area contributed by atoms with E-state index in [4.69, 9.17) is 5.73 Å². The molecule has 0 spiro atoms. The van der Waals surface area contributed by atoms with Gasteiger partial charge in [-0.25, -0.2) is 0 Å². The Bertz CT molecular complexity index is 127. The van der Waals surface area contributed by atoms with Gasteiger partial charge < -0.3 is 5.73 Å². The third kappa shape index (κ3) is 3.68. The van der Waals surface area contributed by atoms with E-state index in [1.54, 1.807) is 0 Å². The predicted molar refractivity (Wildman–Crippen MR) is 58.6 cm³/mol. The van der Waals surface area contributed by atoms with E-state index in [9.17, 15) is 0 Å². The molecule has 2 atom stereocenters. The first-order chi connectivity index (χ1) is 6.24. The second-order valence-corrected chi connectivity index (χ2v) is 4.79. The van der Waals surface area contributed by atoms with Crippen molar-refractivity contribution in [2.75, 3.05) is 0 Å². The molecule has 1 heteroatoms. The molecule has 2 N–H and O–H groups in total. The molecule has 2 unspecified atom stereocenters. The van der Waals surface area contributed by atoms with Crippen molar-refractivity contribution in [2.24, 2.45) is 17.6 Å². The monoisotopic (exact) mass is 183 g/mol. The summed E-state index contributed by atoms with van der Waals surface area (Å²) in [6.07, 6.45) is 9.71. The van der Waals surface area contributed by atoms with Crippen LogP contribution in [0, 0.1) is 11.8 Å². The molecule has 1 fully saturated rings. The molecule has 0 radical (unpaired) electrons. The van der Waals surface area contributed by atoms with Gasteiger partial charge in [-0.3, -0.25) is 0 Å². The van der Waals surface area contributed by atoms with Gasteiger partial charge in [-0.15, -0.1) is 0 Å². The Hall–Kier alpha value is -0.0400. The quantitative estimate of drug-likeness (QED) is 0.711. The lowest BCUT2D eigenvalue weighted by molar-refractivity contribution is 0.284. The second kappa shape index (κ2) is 5.64. The van der Waals surface area contributed by atoms with E-state index in [1.165, 1.54) is 44.9 Å². The molecule has 0 heterocycles. The van der Waals surface area contributed by atoms with Gasteiger partial charge in [0.1, 0.15) is 0 Å². The summed E-state index contributed by atoms with van der Waals surface area (Å²) in [7, 11) is 0. The SMILES string of the molecule is CCC(C)C(N)CC1CCCCC1. The summed E-state index contributed by atoms with van der Waals surface area (Å²) < 4.78 is 0. The van der Waals surface area contributed by atoms with Crippen LogP contribution in [0.4, 0.5) is 0 Å². The highest BCUT2D eigenvalue weighted by Gasteiger charge is 2.19. The molecular formula is C12H25N. The fraction of sp³-hybridized carbons (Fsp3) is 1.00. The van der Waals surface area contributed by atoms with Crippen molar-refractivity contribution in [3.8, 4) is 0 Å². The van der Waals surface area contributed by atoms with Crippen LogP contribution < -0.4 is 5.73 Å². The molecule has 0 aromatic rings. The van der Waals surface area contributed by atoms with Crippen molar-refractivity contribution in [3.63, 3.8) is 0 Å². The third-order valence-electron chi connectivity index (χ3n) is 3.71. The fourth-order valence-electron chi connectivity index (χ4n) is 2.34.